The van der Waals surface area contributed by atoms with Crippen LogP contribution >= 0.6 is 0 Å². The molecular formula is C14H22O3. The van der Waals surface area contributed by atoms with Gasteiger partial charge in [0.05, 0.1) is 24.4 Å². The minimum atomic E-state index is 0.567. The van der Waals surface area contributed by atoms with Crippen molar-refractivity contribution in [1.29, 1.82) is 0 Å². The van der Waals surface area contributed by atoms with Crippen molar-refractivity contribution in [2.45, 2.75) is 62.9 Å². The van der Waals surface area contributed by atoms with Crippen LogP contribution in [0.25, 0.3) is 0 Å². The molecule has 2 aliphatic carbocycles. The molecule has 0 aromatic heterocycles. The van der Waals surface area contributed by atoms with E-state index in [0.29, 0.717) is 24.4 Å². The van der Waals surface area contributed by atoms with Gasteiger partial charge in [-0.05, 0) is 50.4 Å². The third kappa shape index (κ3) is 2.25. The minimum Gasteiger partial charge on any atom is -0.381 e. The second-order valence-corrected chi connectivity index (χ2v) is 6.38. The maximum absolute atomic E-state index is 5.94. The fraction of sp³-hybridized carbons (Fsp3) is 1.00. The summed E-state index contributed by atoms with van der Waals surface area (Å²) in [5.74, 6) is 1.52. The van der Waals surface area contributed by atoms with Gasteiger partial charge in [0.25, 0.3) is 0 Å². The van der Waals surface area contributed by atoms with Gasteiger partial charge in [-0.15, -0.1) is 0 Å². The Morgan fingerprint density at radius 1 is 0.765 bits per heavy atom. The second kappa shape index (κ2) is 4.22. The van der Waals surface area contributed by atoms with Crippen LogP contribution in [0.5, 0.6) is 0 Å². The van der Waals surface area contributed by atoms with Crippen LogP contribution in [-0.2, 0) is 14.2 Å². The maximum atomic E-state index is 5.94. The molecule has 0 amide bonds. The molecule has 0 spiro atoms. The van der Waals surface area contributed by atoms with Gasteiger partial charge in [0.15, 0.2) is 0 Å². The zero-order chi connectivity index (χ0) is 11.2. The average Bonchev–Trinajstić information content (AvgIpc) is 3.06. The Morgan fingerprint density at radius 2 is 1.53 bits per heavy atom. The standard InChI is InChI=1S/C14H22O3/c1-2-13-14(17-13)5-9(1)7-15-8-10-3-11-6-12(4-10)16-11/h9-14H,1-8H2. The first kappa shape index (κ1) is 10.8. The lowest BCUT2D eigenvalue weighted by Gasteiger charge is -2.45. The number of epoxide rings is 1. The highest BCUT2D eigenvalue weighted by Crippen LogP contribution is 2.40. The lowest BCUT2D eigenvalue weighted by Crippen LogP contribution is -2.46. The molecule has 5 aliphatic rings. The lowest BCUT2D eigenvalue weighted by atomic mass is 9.81. The lowest BCUT2D eigenvalue weighted by molar-refractivity contribution is -0.180. The Bertz CT molecular complexity index is 270. The highest BCUT2D eigenvalue weighted by Gasteiger charge is 2.44. The summed E-state index contributed by atoms with van der Waals surface area (Å²) < 4.78 is 17.1. The predicted molar refractivity (Wildman–Crippen MR) is 62.8 cm³/mol. The molecule has 3 heterocycles. The first-order chi connectivity index (χ1) is 8.37. The van der Waals surface area contributed by atoms with Crippen LogP contribution in [0.2, 0.25) is 0 Å². The van der Waals surface area contributed by atoms with Crippen molar-refractivity contribution in [2.75, 3.05) is 13.2 Å². The number of ether oxygens (including phenoxy) is 3. The molecule has 0 aromatic carbocycles. The van der Waals surface area contributed by atoms with Crippen molar-refractivity contribution in [3.63, 3.8) is 0 Å². The summed E-state index contributed by atoms with van der Waals surface area (Å²) in [6.07, 6.45) is 9.92. The quantitative estimate of drug-likeness (QED) is 0.703. The van der Waals surface area contributed by atoms with Crippen molar-refractivity contribution < 1.29 is 14.2 Å². The van der Waals surface area contributed by atoms with Crippen LogP contribution in [-0.4, -0.2) is 37.6 Å². The van der Waals surface area contributed by atoms with Crippen molar-refractivity contribution in [3.05, 3.63) is 0 Å². The molecular weight excluding hydrogens is 216 g/mol. The summed E-state index contributed by atoms with van der Waals surface area (Å²) in [5.41, 5.74) is 0. The average molecular weight is 238 g/mol. The Morgan fingerprint density at radius 3 is 2.29 bits per heavy atom. The third-order valence-corrected chi connectivity index (χ3v) is 4.92. The van der Waals surface area contributed by atoms with E-state index >= 15 is 0 Å². The van der Waals surface area contributed by atoms with E-state index < -0.39 is 0 Å². The van der Waals surface area contributed by atoms with Gasteiger partial charge in [-0.3, -0.25) is 0 Å². The molecule has 96 valence electrons. The van der Waals surface area contributed by atoms with Gasteiger partial charge in [0.2, 0.25) is 0 Å². The van der Waals surface area contributed by atoms with Crippen molar-refractivity contribution in [2.24, 2.45) is 11.8 Å². The Labute approximate surface area is 103 Å². The molecule has 0 aromatic rings. The van der Waals surface area contributed by atoms with Crippen molar-refractivity contribution >= 4 is 0 Å². The van der Waals surface area contributed by atoms with Gasteiger partial charge >= 0.3 is 0 Å². The minimum absolute atomic E-state index is 0.567. The SMILES string of the molecule is C1CC2OC2CC1COCC1CC2CC(C1)O2. The van der Waals surface area contributed by atoms with Gasteiger partial charge in [0.1, 0.15) is 0 Å². The van der Waals surface area contributed by atoms with Crippen LogP contribution in [0, 0.1) is 11.8 Å². The molecule has 17 heavy (non-hydrogen) atoms. The monoisotopic (exact) mass is 238 g/mol. The number of rotatable bonds is 4. The van der Waals surface area contributed by atoms with Gasteiger partial charge in [-0.1, -0.05) is 0 Å². The smallest absolute Gasteiger partial charge is 0.0845 e. The number of hydrogen-bond acceptors (Lipinski definition) is 3. The van der Waals surface area contributed by atoms with Crippen molar-refractivity contribution in [1.82, 2.24) is 0 Å². The highest BCUT2D eigenvalue weighted by atomic mass is 16.6. The third-order valence-electron chi connectivity index (χ3n) is 4.92. The van der Waals surface area contributed by atoms with Crippen molar-refractivity contribution in [3.8, 4) is 0 Å². The summed E-state index contributed by atoms with van der Waals surface area (Å²) >= 11 is 0. The fourth-order valence-corrected chi connectivity index (χ4v) is 3.87. The number of fused-ring (bicyclic) bond motifs is 3. The zero-order valence-electron chi connectivity index (χ0n) is 10.3. The topological polar surface area (TPSA) is 31.0 Å². The van der Waals surface area contributed by atoms with E-state index in [1.807, 2.05) is 0 Å². The van der Waals surface area contributed by atoms with E-state index in [9.17, 15) is 0 Å². The molecule has 0 N–H and O–H groups in total. The summed E-state index contributed by atoms with van der Waals surface area (Å²) in [7, 11) is 0. The van der Waals surface area contributed by atoms with E-state index in [0.717, 1.165) is 25.0 Å². The highest BCUT2D eigenvalue weighted by molar-refractivity contribution is 4.92. The van der Waals surface area contributed by atoms with Crippen LogP contribution in [0.15, 0.2) is 0 Å². The Kier molecular flexibility index (Phi) is 2.67. The van der Waals surface area contributed by atoms with Crippen LogP contribution in [0.4, 0.5) is 0 Å². The van der Waals surface area contributed by atoms with E-state index in [1.54, 1.807) is 0 Å². The first-order valence-corrected chi connectivity index (χ1v) is 7.25. The fourth-order valence-electron chi connectivity index (χ4n) is 3.87. The molecule has 0 radical (unpaired) electrons. The molecule has 3 heteroatoms. The normalized spacial score (nSPS) is 51.5. The molecule has 5 unspecified atom stereocenters. The Hall–Kier alpha value is -0.120. The molecule has 2 saturated carbocycles. The van der Waals surface area contributed by atoms with Gasteiger partial charge in [0, 0.05) is 13.2 Å². The zero-order valence-corrected chi connectivity index (χ0v) is 10.3. The van der Waals surface area contributed by atoms with Crippen LogP contribution in [0.1, 0.15) is 38.5 Å². The van der Waals surface area contributed by atoms with E-state index in [-0.39, 0.29) is 0 Å². The Balaban J connectivity index is 1.16. The second-order valence-electron chi connectivity index (χ2n) is 6.38. The van der Waals surface area contributed by atoms with Crippen LogP contribution in [0.3, 0.4) is 0 Å². The van der Waals surface area contributed by atoms with Gasteiger partial charge in [-0.2, -0.15) is 0 Å². The molecule has 3 aliphatic heterocycles. The number of hydrogen-bond donors (Lipinski definition) is 0. The summed E-state index contributed by atoms with van der Waals surface area (Å²) in [5, 5.41) is 0. The largest absolute Gasteiger partial charge is 0.381 e. The molecule has 5 fully saturated rings. The van der Waals surface area contributed by atoms with E-state index in [4.69, 9.17) is 14.2 Å². The first-order valence-electron chi connectivity index (χ1n) is 7.25. The molecule has 5 atom stereocenters. The van der Waals surface area contributed by atoms with E-state index in [1.165, 1.54) is 38.5 Å². The molecule has 3 nitrogen and oxygen atoms in total. The van der Waals surface area contributed by atoms with Gasteiger partial charge < -0.3 is 14.2 Å². The van der Waals surface area contributed by atoms with Gasteiger partial charge in [-0.25, -0.2) is 0 Å². The molecule has 5 rings (SSSR count). The summed E-state index contributed by atoms with van der Waals surface area (Å²) in [6, 6.07) is 0. The summed E-state index contributed by atoms with van der Waals surface area (Å²) in [6.45, 7) is 1.92. The van der Waals surface area contributed by atoms with Crippen LogP contribution < -0.4 is 0 Å². The molecule has 3 saturated heterocycles. The maximum Gasteiger partial charge on any atom is 0.0845 e. The summed E-state index contributed by atoms with van der Waals surface area (Å²) in [4.78, 5) is 0. The predicted octanol–water partition coefficient (Wildman–Crippen LogP) is 2.14. The van der Waals surface area contributed by atoms with E-state index in [2.05, 4.69) is 0 Å². The molecule has 2 bridgehead atoms.